The van der Waals surface area contributed by atoms with Crippen LogP contribution in [0.3, 0.4) is 0 Å². The van der Waals surface area contributed by atoms with E-state index in [1.54, 1.807) is 12.3 Å². The fourth-order valence-corrected chi connectivity index (χ4v) is 2.83. The lowest BCUT2D eigenvalue weighted by Crippen LogP contribution is -2.30. The summed E-state index contributed by atoms with van der Waals surface area (Å²) in [5.74, 6) is 0.632. The molecule has 0 radical (unpaired) electrons. The van der Waals surface area contributed by atoms with Crippen molar-refractivity contribution < 1.29 is 4.79 Å². The molecule has 1 amide bonds. The summed E-state index contributed by atoms with van der Waals surface area (Å²) in [6.07, 6.45) is 2.47. The highest BCUT2D eigenvalue weighted by atomic mass is 16.1. The number of pyridine rings is 1. The lowest BCUT2D eigenvalue weighted by atomic mass is 10.1. The molecule has 5 heteroatoms. The fraction of sp³-hybridized carbons (Fsp3) is 0.294. The summed E-state index contributed by atoms with van der Waals surface area (Å²) in [7, 11) is 0. The van der Waals surface area contributed by atoms with E-state index in [1.807, 2.05) is 25.1 Å². The van der Waals surface area contributed by atoms with E-state index in [0.29, 0.717) is 12.1 Å². The lowest BCUT2D eigenvalue weighted by Gasteiger charge is -2.18. The Hall–Kier alpha value is -2.40. The van der Waals surface area contributed by atoms with E-state index >= 15 is 0 Å². The Balaban J connectivity index is 1.69. The molecule has 1 aliphatic rings. The number of amides is 1. The summed E-state index contributed by atoms with van der Waals surface area (Å²) in [5.41, 5.74) is 9.34. The van der Waals surface area contributed by atoms with Gasteiger partial charge in [0.25, 0.3) is 5.91 Å². The average Bonchev–Trinajstić information content (AvgIpc) is 2.85. The summed E-state index contributed by atoms with van der Waals surface area (Å²) < 4.78 is 0. The highest BCUT2D eigenvalue weighted by Gasteiger charge is 2.29. The van der Waals surface area contributed by atoms with Gasteiger partial charge in [-0.3, -0.25) is 4.79 Å². The van der Waals surface area contributed by atoms with Gasteiger partial charge in [-0.2, -0.15) is 0 Å². The van der Waals surface area contributed by atoms with Gasteiger partial charge in [0.05, 0.1) is 17.6 Å². The zero-order valence-electron chi connectivity index (χ0n) is 12.5. The van der Waals surface area contributed by atoms with Crippen LogP contribution in [-0.4, -0.2) is 23.5 Å². The third kappa shape index (κ3) is 2.80. The second-order valence-corrected chi connectivity index (χ2v) is 5.47. The standard InChI is InChI=1S/C17H20N4O/c1-2-19-17(22)12-7-8-15(20-10-12)21-14-9-11-5-3-4-6-13(11)16(14)18/h3-8,10,14,16H,2,9,18H2,1H3,(H,19,22)(H,20,21)/t14-,16-/m1/s1. The van der Waals surface area contributed by atoms with Gasteiger partial charge in [0.15, 0.2) is 0 Å². The molecular formula is C17H20N4O. The first kappa shape index (κ1) is 14.5. The first-order valence-electron chi connectivity index (χ1n) is 7.53. The number of nitrogens with one attached hydrogen (secondary N) is 2. The van der Waals surface area contributed by atoms with Crippen LogP contribution < -0.4 is 16.4 Å². The van der Waals surface area contributed by atoms with Crippen LogP contribution in [0.2, 0.25) is 0 Å². The minimum atomic E-state index is -0.105. The van der Waals surface area contributed by atoms with Gasteiger partial charge in [-0.1, -0.05) is 24.3 Å². The monoisotopic (exact) mass is 296 g/mol. The number of nitrogens with zero attached hydrogens (tertiary/aromatic N) is 1. The van der Waals surface area contributed by atoms with Gasteiger partial charge in [0, 0.05) is 12.7 Å². The summed E-state index contributed by atoms with van der Waals surface area (Å²) >= 11 is 0. The number of nitrogens with two attached hydrogens (primary N) is 1. The van der Waals surface area contributed by atoms with Crippen molar-refractivity contribution in [3.05, 3.63) is 59.3 Å². The number of fused-ring (bicyclic) bond motifs is 1. The van der Waals surface area contributed by atoms with Crippen molar-refractivity contribution in [2.24, 2.45) is 5.73 Å². The van der Waals surface area contributed by atoms with Crippen molar-refractivity contribution in [3.8, 4) is 0 Å². The Morgan fingerprint density at radius 1 is 1.32 bits per heavy atom. The SMILES string of the molecule is CCNC(=O)c1ccc(N[C@@H]2Cc3ccccc3[C@H]2N)nc1. The van der Waals surface area contributed by atoms with Crippen molar-refractivity contribution in [1.82, 2.24) is 10.3 Å². The summed E-state index contributed by atoms with van der Waals surface area (Å²) in [4.78, 5) is 16.0. The Kier molecular flexibility index (Phi) is 4.06. The van der Waals surface area contributed by atoms with Crippen LogP contribution in [0.4, 0.5) is 5.82 Å². The number of hydrogen-bond donors (Lipinski definition) is 3. The lowest BCUT2D eigenvalue weighted by molar-refractivity contribution is 0.0955. The molecule has 22 heavy (non-hydrogen) atoms. The van der Waals surface area contributed by atoms with Gasteiger partial charge in [-0.15, -0.1) is 0 Å². The quantitative estimate of drug-likeness (QED) is 0.804. The third-order valence-corrected chi connectivity index (χ3v) is 3.98. The first-order valence-corrected chi connectivity index (χ1v) is 7.53. The maximum atomic E-state index is 11.7. The number of aromatic nitrogens is 1. The maximum absolute atomic E-state index is 11.7. The van der Waals surface area contributed by atoms with E-state index in [1.165, 1.54) is 11.1 Å². The topological polar surface area (TPSA) is 80.0 Å². The van der Waals surface area contributed by atoms with Crippen LogP contribution in [0.5, 0.6) is 0 Å². The minimum Gasteiger partial charge on any atom is -0.365 e. The van der Waals surface area contributed by atoms with Crippen molar-refractivity contribution in [1.29, 1.82) is 0 Å². The van der Waals surface area contributed by atoms with Gasteiger partial charge < -0.3 is 16.4 Å². The number of benzene rings is 1. The third-order valence-electron chi connectivity index (χ3n) is 3.98. The molecule has 114 valence electrons. The molecule has 1 heterocycles. The van der Waals surface area contributed by atoms with E-state index < -0.39 is 0 Å². The van der Waals surface area contributed by atoms with E-state index in [-0.39, 0.29) is 18.0 Å². The van der Waals surface area contributed by atoms with Crippen LogP contribution in [-0.2, 0) is 6.42 Å². The van der Waals surface area contributed by atoms with E-state index in [4.69, 9.17) is 5.73 Å². The van der Waals surface area contributed by atoms with Crippen molar-refractivity contribution >= 4 is 11.7 Å². The molecule has 4 N–H and O–H groups in total. The summed E-state index contributed by atoms with van der Waals surface area (Å²) in [5, 5.41) is 6.12. The Labute approximate surface area is 129 Å². The van der Waals surface area contributed by atoms with Gasteiger partial charge in [-0.05, 0) is 36.6 Å². The predicted molar refractivity (Wildman–Crippen MR) is 86.7 cm³/mol. The van der Waals surface area contributed by atoms with Gasteiger partial charge in [0.1, 0.15) is 5.82 Å². The maximum Gasteiger partial charge on any atom is 0.252 e. The molecule has 0 spiro atoms. The van der Waals surface area contributed by atoms with Crippen LogP contribution in [0.15, 0.2) is 42.6 Å². The second-order valence-electron chi connectivity index (χ2n) is 5.47. The largest absolute Gasteiger partial charge is 0.365 e. The summed E-state index contributed by atoms with van der Waals surface area (Å²) in [6.45, 7) is 2.49. The molecule has 0 saturated carbocycles. The predicted octanol–water partition coefficient (Wildman–Crippen LogP) is 1.87. The molecule has 5 nitrogen and oxygen atoms in total. The Morgan fingerprint density at radius 2 is 2.14 bits per heavy atom. The Morgan fingerprint density at radius 3 is 2.82 bits per heavy atom. The number of carbonyl (C=O) groups is 1. The van der Waals surface area contributed by atoms with Crippen LogP contribution in [0.1, 0.15) is 34.5 Å². The van der Waals surface area contributed by atoms with E-state index in [2.05, 4.69) is 27.8 Å². The van der Waals surface area contributed by atoms with Crippen molar-refractivity contribution in [2.75, 3.05) is 11.9 Å². The van der Waals surface area contributed by atoms with Crippen LogP contribution in [0, 0.1) is 0 Å². The molecule has 0 bridgehead atoms. The van der Waals surface area contributed by atoms with Gasteiger partial charge >= 0.3 is 0 Å². The average molecular weight is 296 g/mol. The molecule has 1 aromatic carbocycles. The highest BCUT2D eigenvalue weighted by Crippen LogP contribution is 2.31. The second kappa shape index (κ2) is 6.15. The number of hydrogen-bond acceptors (Lipinski definition) is 4. The zero-order valence-corrected chi connectivity index (χ0v) is 12.5. The molecule has 1 aliphatic carbocycles. The fourth-order valence-electron chi connectivity index (χ4n) is 2.83. The molecule has 2 atom stereocenters. The summed E-state index contributed by atoms with van der Waals surface area (Å²) in [6, 6.07) is 11.9. The normalized spacial score (nSPS) is 19.5. The number of carbonyl (C=O) groups excluding carboxylic acids is 1. The van der Waals surface area contributed by atoms with E-state index in [0.717, 1.165) is 12.2 Å². The Bertz CT molecular complexity index is 669. The molecule has 0 saturated heterocycles. The smallest absolute Gasteiger partial charge is 0.252 e. The molecule has 0 unspecified atom stereocenters. The van der Waals surface area contributed by atoms with Crippen molar-refractivity contribution in [2.45, 2.75) is 25.4 Å². The number of rotatable bonds is 4. The molecule has 0 aliphatic heterocycles. The van der Waals surface area contributed by atoms with Crippen LogP contribution in [0.25, 0.3) is 0 Å². The van der Waals surface area contributed by atoms with Crippen LogP contribution >= 0.6 is 0 Å². The molecule has 0 fully saturated rings. The molecule has 2 aromatic rings. The first-order chi connectivity index (χ1) is 10.7. The molecule has 3 rings (SSSR count). The van der Waals surface area contributed by atoms with Gasteiger partial charge in [-0.25, -0.2) is 4.98 Å². The highest BCUT2D eigenvalue weighted by molar-refractivity contribution is 5.93. The van der Waals surface area contributed by atoms with E-state index in [9.17, 15) is 4.79 Å². The van der Waals surface area contributed by atoms with Crippen molar-refractivity contribution in [3.63, 3.8) is 0 Å². The zero-order chi connectivity index (χ0) is 15.5. The molecule has 1 aromatic heterocycles. The number of anilines is 1. The minimum absolute atomic E-state index is 0.0407. The molecular weight excluding hydrogens is 276 g/mol. The van der Waals surface area contributed by atoms with Gasteiger partial charge in [0.2, 0.25) is 0 Å².